The zero-order valence-corrected chi connectivity index (χ0v) is 20.1. The first-order valence-corrected chi connectivity index (χ1v) is 11.2. The van der Waals surface area contributed by atoms with E-state index in [1.807, 2.05) is 13.2 Å². The Morgan fingerprint density at radius 2 is 1.78 bits per heavy atom. The molecule has 27 heavy (non-hydrogen) atoms. The van der Waals surface area contributed by atoms with E-state index in [4.69, 9.17) is 0 Å². The Morgan fingerprint density at radius 3 is 2.22 bits per heavy atom. The zero-order valence-electron chi connectivity index (χ0n) is 16.1. The summed E-state index contributed by atoms with van der Waals surface area (Å²) in [5, 5.41) is 6.36. The summed E-state index contributed by atoms with van der Waals surface area (Å²) in [5.74, 6) is 0.770. The molecule has 1 rings (SSSR count). The maximum atomic E-state index is 12.6. The summed E-state index contributed by atoms with van der Waals surface area (Å²) in [6.45, 7) is 7.81. The number of nitrogens with one attached hydrogen (secondary N) is 2. The molecule has 0 aromatic carbocycles. The van der Waals surface area contributed by atoms with Gasteiger partial charge in [0.05, 0.1) is 6.54 Å². The molecule has 1 heterocycles. The van der Waals surface area contributed by atoms with Gasteiger partial charge < -0.3 is 10.6 Å². The molecule has 6 nitrogen and oxygen atoms in total. The summed E-state index contributed by atoms with van der Waals surface area (Å²) in [6, 6.07) is 0. The summed E-state index contributed by atoms with van der Waals surface area (Å²) in [6.07, 6.45) is 2.80. The van der Waals surface area contributed by atoms with Crippen LogP contribution >= 0.6 is 35.7 Å². The fourth-order valence-corrected chi connectivity index (χ4v) is 3.59. The summed E-state index contributed by atoms with van der Waals surface area (Å²) >= 11 is 1.72. The molecule has 0 atom stereocenters. The van der Waals surface area contributed by atoms with Gasteiger partial charge in [0, 0.05) is 30.9 Å². The van der Waals surface area contributed by atoms with Crippen molar-refractivity contribution in [2.75, 3.05) is 39.0 Å². The van der Waals surface area contributed by atoms with Gasteiger partial charge in [0.1, 0.15) is 0 Å². The minimum atomic E-state index is -5.23. The van der Waals surface area contributed by atoms with Gasteiger partial charge in [0.25, 0.3) is 0 Å². The van der Waals surface area contributed by atoms with Crippen LogP contribution < -0.4 is 10.6 Å². The lowest BCUT2D eigenvalue weighted by Gasteiger charge is -2.31. The molecule has 0 saturated carbocycles. The van der Waals surface area contributed by atoms with E-state index >= 15 is 0 Å². The van der Waals surface area contributed by atoms with Crippen LogP contribution in [0.5, 0.6) is 0 Å². The van der Waals surface area contributed by atoms with E-state index in [0.29, 0.717) is 42.7 Å². The van der Waals surface area contributed by atoms with Crippen molar-refractivity contribution in [1.29, 1.82) is 0 Å². The highest BCUT2D eigenvalue weighted by atomic mass is 127. The van der Waals surface area contributed by atoms with Crippen LogP contribution in [0.3, 0.4) is 0 Å². The van der Waals surface area contributed by atoms with Gasteiger partial charge in [-0.25, -0.2) is 8.42 Å². The van der Waals surface area contributed by atoms with Crippen molar-refractivity contribution in [3.63, 3.8) is 0 Å². The highest BCUT2D eigenvalue weighted by Crippen LogP contribution is 2.30. The molecule has 0 bridgehead atoms. The molecule has 0 unspecified atom stereocenters. The van der Waals surface area contributed by atoms with Gasteiger partial charge in [0.15, 0.2) is 5.96 Å². The number of hydrogen-bond donors (Lipinski definition) is 2. The van der Waals surface area contributed by atoms with E-state index in [1.165, 1.54) is 0 Å². The molecule has 0 amide bonds. The average Bonchev–Trinajstić information content (AvgIpc) is 2.57. The van der Waals surface area contributed by atoms with Crippen LogP contribution in [0.4, 0.5) is 13.2 Å². The SMILES string of the molecule is CCNC(=NCC(C)(C)SC)NCC1CCN(S(=O)(=O)C(F)(F)F)CC1.I. The number of sulfonamides is 1. The smallest absolute Gasteiger partial charge is 0.357 e. The first kappa shape index (κ1) is 27.0. The van der Waals surface area contributed by atoms with Crippen LogP contribution in [-0.2, 0) is 10.0 Å². The molecule has 1 saturated heterocycles. The second kappa shape index (κ2) is 11.3. The number of halogens is 4. The first-order valence-electron chi connectivity index (χ1n) is 8.56. The molecule has 162 valence electrons. The van der Waals surface area contributed by atoms with Crippen molar-refractivity contribution in [3.8, 4) is 0 Å². The molecule has 0 radical (unpaired) electrons. The second-order valence-electron chi connectivity index (χ2n) is 6.83. The largest absolute Gasteiger partial charge is 0.511 e. The molecular formula is C15H30F3IN4O2S2. The number of guanidine groups is 1. The van der Waals surface area contributed by atoms with Crippen molar-refractivity contribution in [2.24, 2.45) is 10.9 Å². The lowest BCUT2D eigenvalue weighted by molar-refractivity contribution is -0.0496. The number of rotatable bonds is 7. The normalized spacial score (nSPS) is 18.1. The maximum absolute atomic E-state index is 12.6. The van der Waals surface area contributed by atoms with E-state index in [1.54, 1.807) is 11.8 Å². The van der Waals surface area contributed by atoms with Gasteiger partial charge in [-0.2, -0.15) is 29.2 Å². The fourth-order valence-electron chi connectivity index (χ4n) is 2.42. The quantitative estimate of drug-likeness (QED) is 0.292. The van der Waals surface area contributed by atoms with Crippen molar-refractivity contribution < 1.29 is 21.6 Å². The Morgan fingerprint density at radius 1 is 1.22 bits per heavy atom. The minimum absolute atomic E-state index is 0. The number of nitrogens with zero attached hydrogens (tertiary/aromatic N) is 2. The standard InChI is InChI=1S/C15H29F3N4O2S2.HI/c1-5-19-13(21-11-14(2,3)25-4)20-10-12-6-8-22(9-7-12)26(23,24)15(16,17)18;/h12H,5-11H2,1-4H3,(H2,19,20,21);1H. The van der Waals surface area contributed by atoms with Crippen molar-refractivity contribution in [2.45, 2.75) is 43.9 Å². The van der Waals surface area contributed by atoms with Gasteiger partial charge in [0.2, 0.25) is 0 Å². The van der Waals surface area contributed by atoms with Crippen LogP contribution in [0.25, 0.3) is 0 Å². The number of thioether (sulfide) groups is 1. The molecular weight excluding hydrogens is 516 g/mol. The van der Waals surface area contributed by atoms with Crippen LogP contribution in [-0.4, -0.2) is 67.9 Å². The monoisotopic (exact) mass is 546 g/mol. The number of alkyl halides is 3. The number of aliphatic imine (C=N–C) groups is 1. The first-order chi connectivity index (χ1) is 11.9. The van der Waals surface area contributed by atoms with Crippen LogP contribution in [0.1, 0.15) is 33.6 Å². The third-order valence-corrected chi connectivity index (χ3v) is 7.14. The molecule has 0 spiro atoms. The minimum Gasteiger partial charge on any atom is -0.357 e. The van der Waals surface area contributed by atoms with Crippen molar-refractivity contribution in [1.82, 2.24) is 14.9 Å². The summed E-state index contributed by atoms with van der Waals surface area (Å²) < 4.78 is 61.2. The van der Waals surface area contributed by atoms with E-state index in [-0.39, 0.29) is 47.7 Å². The summed E-state index contributed by atoms with van der Waals surface area (Å²) in [5.41, 5.74) is -5.23. The fraction of sp³-hybridized carbons (Fsp3) is 0.933. The number of hydrogen-bond acceptors (Lipinski definition) is 4. The van der Waals surface area contributed by atoms with Crippen molar-refractivity contribution >= 4 is 51.7 Å². The predicted octanol–water partition coefficient (Wildman–Crippen LogP) is 2.86. The Kier molecular flexibility index (Phi) is 11.3. The molecule has 2 N–H and O–H groups in total. The Hall–Kier alpha value is 0.0500. The van der Waals surface area contributed by atoms with Gasteiger partial charge in [-0.3, -0.25) is 4.99 Å². The Balaban J connectivity index is 0.00000676. The molecule has 0 aromatic rings. The highest BCUT2D eigenvalue weighted by molar-refractivity contribution is 14.0. The third-order valence-electron chi connectivity index (χ3n) is 4.28. The highest BCUT2D eigenvalue weighted by Gasteiger charge is 2.50. The van der Waals surface area contributed by atoms with Gasteiger partial charge in [-0.1, -0.05) is 0 Å². The zero-order chi connectivity index (χ0) is 20.0. The molecule has 0 aromatic heterocycles. The third kappa shape index (κ3) is 8.52. The van der Waals surface area contributed by atoms with Gasteiger partial charge in [-0.05, 0) is 45.8 Å². The predicted molar refractivity (Wildman–Crippen MR) is 116 cm³/mol. The van der Waals surface area contributed by atoms with Gasteiger partial charge in [-0.15, -0.1) is 24.0 Å². The average molecular weight is 546 g/mol. The van der Waals surface area contributed by atoms with E-state index in [9.17, 15) is 21.6 Å². The van der Waals surface area contributed by atoms with Gasteiger partial charge >= 0.3 is 15.5 Å². The Labute approximate surface area is 181 Å². The molecule has 0 aliphatic carbocycles. The summed E-state index contributed by atoms with van der Waals surface area (Å²) in [7, 11) is -5.22. The van der Waals surface area contributed by atoms with E-state index < -0.39 is 15.5 Å². The lowest BCUT2D eigenvalue weighted by atomic mass is 9.98. The molecule has 12 heteroatoms. The second-order valence-corrected chi connectivity index (χ2v) is 10.3. The Bertz CT molecular complexity index is 578. The number of piperidine rings is 1. The molecule has 1 aliphatic heterocycles. The van der Waals surface area contributed by atoms with E-state index in [2.05, 4.69) is 29.5 Å². The van der Waals surface area contributed by atoms with Crippen LogP contribution in [0.15, 0.2) is 4.99 Å². The van der Waals surface area contributed by atoms with Crippen LogP contribution in [0, 0.1) is 5.92 Å². The lowest BCUT2D eigenvalue weighted by Crippen LogP contribution is -2.47. The summed E-state index contributed by atoms with van der Waals surface area (Å²) in [4.78, 5) is 4.55. The molecule has 1 aliphatic rings. The van der Waals surface area contributed by atoms with Crippen LogP contribution in [0.2, 0.25) is 0 Å². The van der Waals surface area contributed by atoms with Crippen molar-refractivity contribution in [3.05, 3.63) is 0 Å². The maximum Gasteiger partial charge on any atom is 0.511 e. The van der Waals surface area contributed by atoms with E-state index in [0.717, 1.165) is 0 Å². The topological polar surface area (TPSA) is 73.8 Å². The molecule has 1 fully saturated rings.